The van der Waals surface area contributed by atoms with Gasteiger partial charge in [-0.15, -0.1) is 0 Å². The van der Waals surface area contributed by atoms with Crippen LogP contribution in [-0.2, 0) is 5.41 Å². The Bertz CT molecular complexity index is 2450. The Balaban J connectivity index is 1.22. The van der Waals surface area contributed by atoms with E-state index in [9.17, 15) is 0 Å². The van der Waals surface area contributed by atoms with Crippen LogP contribution in [0.5, 0.6) is 0 Å². The molecule has 0 spiro atoms. The van der Waals surface area contributed by atoms with Gasteiger partial charge in [0.1, 0.15) is 11.2 Å². The highest BCUT2D eigenvalue weighted by atomic mass is 16.3. The standard InChI is InChI=1S/C43H30N2O/c1-43(2)36-18-10-8-15-31(36)35-24-28(21-23-37(35)43)30-14-6-7-16-32(30)39-26-38(44-42(45-39)27-12-4-3-5-13-27)29-20-22-34-33-17-9-11-19-40(33)46-41(34)25-29/h3-26H,1-2H3. The lowest BCUT2D eigenvalue weighted by molar-refractivity contribution is 0.660. The number of rotatable bonds is 4. The Kier molecular flexibility index (Phi) is 5.85. The lowest BCUT2D eigenvalue weighted by atomic mass is 9.82. The monoisotopic (exact) mass is 590 g/mol. The first kappa shape index (κ1) is 26.6. The summed E-state index contributed by atoms with van der Waals surface area (Å²) in [5.74, 6) is 0.692. The minimum Gasteiger partial charge on any atom is -0.456 e. The van der Waals surface area contributed by atoms with E-state index in [0.29, 0.717) is 5.82 Å². The number of aromatic nitrogens is 2. The zero-order valence-corrected chi connectivity index (χ0v) is 25.7. The molecule has 0 unspecified atom stereocenters. The second kappa shape index (κ2) is 10.1. The smallest absolute Gasteiger partial charge is 0.160 e. The average Bonchev–Trinajstić information content (AvgIpc) is 3.60. The number of benzene rings is 6. The van der Waals surface area contributed by atoms with Gasteiger partial charge in [0, 0.05) is 32.9 Å². The van der Waals surface area contributed by atoms with Gasteiger partial charge in [-0.3, -0.25) is 0 Å². The third-order valence-electron chi connectivity index (χ3n) is 9.53. The van der Waals surface area contributed by atoms with Gasteiger partial charge in [-0.05, 0) is 63.7 Å². The van der Waals surface area contributed by atoms with Gasteiger partial charge in [-0.2, -0.15) is 0 Å². The first-order valence-electron chi connectivity index (χ1n) is 15.7. The van der Waals surface area contributed by atoms with Crippen molar-refractivity contribution in [3.05, 3.63) is 157 Å². The van der Waals surface area contributed by atoms with E-state index in [0.717, 1.165) is 55.6 Å². The van der Waals surface area contributed by atoms with E-state index in [1.54, 1.807) is 0 Å². The molecule has 46 heavy (non-hydrogen) atoms. The molecule has 2 aromatic heterocycles. The van der Waals surface area contributed by atoms with E-state index < -0.39 is 0 Å². The molecule has 0 bridgehead atoms. The van der Waals surface area contributed by atoms with Gasteiger partial charge in [0.15, 0.2) is 5.82 Å². The van der Waals surface area contributed by atoms with Gasteiger partial charge >= 0.3 is 0 Å². The van der Waals surface area contributed by atoms with Crippen molar-refractivity contribution >= 4 is 21.9 Å². The summed E-state index contributed by atoms with van der Waals surface area (Å²) in [5, 5.41) is 2.22. The molecule has 8 aromatic rings. The van der Waals surface area contributed by atoms with Gasteiger partial charge < -0.3 is 4.42 Å². The maximum Gasteiger partial charge on any atom is 0.160 e. The van der Waals surface area contributed by atoms with Crippen LogP contribution in [0.4, 0.5) is 0 Å². The largest absolute Gasteiger partial charge is 0.456 e. The molecule has 0 saturated carbocycles. The predicted molar refractivity (Wildman–Crippen MR) is 189 cm³/mol. The highest BCUT2D eigenvalue weighted by Gasteiger charge is 2.35. The third-order valence-corrected chi connectivity index (χ3v) is 9.53. The lowest BCUT2D eigenvalue weighted by Crippen LogP contribution is -2.14. The molecular weight excluding hydrogens is 560 g/mol. The minimum absolute atomic E-state index is 0.0307. The van der Waals surface area contributed by atoms with Crippen LogP contribution in [-0.4, -0.2) is 9.97 Å². The summed E-state index contributed by atoms with van der Waals surface area (Å²) in [6.07, 6.45) is 0. The van der Waals surface area contributed by atoms with Crippen molar-refractivity contribution in [1.82, 2.24) is 9.97 Å². The molecule has 2 heterocycles. The van der Waals surface area contributed by atoms with Crippen molar-refractivity contribution in [2.24, 2.45) is 0 Å². The Morgan fingerprint density at radius 2 is 1.09 bits per heavy atom. The SMILES string of the molecule is CC1(C)c2ccccc2-c2cc(-c3ccccc3-c3cc(-c4ccc5c(c4)oc4ccccc45)nc(-c4ccccc4)n3)ccc21. The number of nitrogens with zero attached hydrogens (tertiary/aromatic N) is 2. The fraction of sp³-hybridized carbons (Fsp3) is 0.0698. The Hall–Kier alpha value is -5.80. The molecule has 1 aliphatic carbocycles. The van der Waals surface area contributed by atoms with Crippen LogP contribution in [0.25, 0.3) is 78.1 Å². The molecule has 218 valence electrons. The molecule has 3 nitrogen and oxygen atoms in total. The van der Waals surface area contributed by atoms with Gasteiger partial charge in [0.2, 0.25) is 0 Å². The number of para-hydroxylation sites is 1. The fourth-order valence-electron chi connectivity index (χ4n) is 7.18. The fourth-order valence-corrected chi connectivity index (χ4v) is 7.18. The van der Waals surface area contributed by atoms with E-state index in [1.165, 1.54) is 27.8 Å². The summed E-state index contributed by atoms with van der Waals surface area (Å²) in [7, 11) is 0. The summed E-state index contributed by atoms with van der Waals surface area (Å²) in [6.45, 7) is 4.64. The van der Waals surface area contributed by atoms with E-state index in [4.69, 9.17) is 14.4 Å². The van der Waals surface area contributed by atoms with E-state index in [2.05, 4.69) is 123 Å². The third kappa shape index (κ3) is 4.13. The average molecular weight is 591 g/mol. The second-order valence-corrected chi connectivity index (χ2v) is 12.6. The number of furan rings is 1. The normalized spacial score (nSPS) is 13.2. The zero-order chi connectivity index (χ0) is 30.8. The summed E-state index contributed by atoms with van der Waals surface area (Å²) < 4.78 is 6.25. The Morgan fingerprint density at radius 1 is 0.435 bits per heavy atom. The number of fused-ring (bicyclic) bond motifs is 6. The molecule has 0 N–H and O–H groups in total. The molecule has 0 fully saturated rings. The van der Waals surface area contributed by atoms with Crippen LogP contribution in [0.15, 0.2) is 150 Å². The van der Waals surface area contributed by atoms with Crippen molar-refractivity contribution in [1.29, 1.82) is 0 Å². The molecule has 0 saturated heterocycles. The topological polar surface area (TPSA) is 38.9 Å². The first-order chi connectivity index (χ1) is 22.5. The summed E-state index contributed by atoms with van der Waals surface area (Å²) in [6, 6.07) is 51.2. The van der Waals surface area contributed by atoms with Crippen LogP contribution in [0.3, 0.4) is 0 Å². The predicted octanol–water partition coefficient (Wildman–Crippen LogP) is 11.4. The van der Waals surface area contributed by atoms with Crippen LogP contribution in [0.1, 0.15) is 25.0 Å². The Morgan fingerprint density at radius 3 is 1.96 bits per heavy atom. The van der Waals surface area contributed by atoms with Crippen molar-refractivity contribution in [3.8, 4) is 56.2 Å². The molecule has 0 amide bonds. The second-order valence-electron chi connectivity index (χ2n) is 12.6. The van der Waals surface area contributed by atoms with Crippen LogP contribution < -0.4 is 0 Å². The van der Waals surface area contributed by atoms with Crippen LogP contribution >= 0.6 is 0 Å². The maximum atomic E-state index is 6.25. The molecule has 9 rings (SSSR count). The van der Waals surface area contributed by atoms with E-state index in [1.807, 2.05) is 36.4 Å². The van der Waals surface area contributed by atoms with Crippen LogP contribution in [0.2, 0.25) is 0 Å². The minimum atomic E-state index is -0.0307. The van der Waals surface area contributed by atoms with Crippen molar-refractivity contribution in [3.63, 3.8) is 0 Å². The molecule has 0 radical (unpaired) electrons. The Labute approximate surface area is 267 Å². The van der Waals surface area contributed by atoms with Crippen molar-refractivity contribution in [2.45, 2.75) is 19.3 Å². The molecule has 1 aliphatic rings. The van der Waals surface area contributed by atoms with Crippen molar-refractivity contribution < 1.29 is 4.42 Å². The number of hydrogen-bond donors (Lipinski definition) is 0. The maximum absolute atomic E-state index is 6.25. The molecule has 6 aromatic carbocycles. The van der Waals surface area contributed by atoms with Crippen LogP contribution in [0, 0.1) is 0 Å². The van der Waals surface area contributed by atoms with Gasteiger partial charge in [-0.25, -0.2) is 9.97 Å². The number of hydrogen-bond acceptors (Lipinski definition) is 3. The van der Waals surface area contributed by atoms with Gasteiger partial charge in [0.25, 0.3) is 0 Å². The molecular formula is C43H30N2O. The van der Waals surface area contributed by atoms with E-state index in [-0.39, 0.29) is 5.41 Å². The summed E-state index contributed by atoms with van der Waals surface area (Å²) in [5.41, 5.74) is 14.2. The highest BCUT2D eigenvalue weighted by molar-refractivity contribution is 6.05. The van der Waals surface area contributed by atoms with Gasteiger partial charge in [0.05, 0.1) is 11.4 Å². The quantitative estimate of drug-likeness (QED) is 0.205. The lowest BCUT2D eigenvalue weighted by Gasteiger charge is -2.21. The first-order valence-corrected chi connectivity index (χ1v) is 15.7. The zero-order valence-electron chi connectivity index (χ0n) is 25.7. The molecule has 0 aliphatic heterocycles. The molecule has 0 atom stereocenters. The summed E-state index contributed by atoms with van der Waals surface area (Å²) in [4.78, 5) is 10.3. The summed E-state index contributed by atoms with van der Waals surface area (Å²) >= 11 is 0. The van der Waals surface area contributed by atoms with E-state index >= 15 is 0 Å². The molecule has 3 heteroatoms. The highest BCUT2D eigenvalue weighted by Crippen LogP contribution is 2.50. The van der Waals surface area contributed by atoms with Crippen molar-refractivity contribution in [2.75, 3.05) is 0 Å². The van der Waals surface area contributed by atoms with Gasteiger partial charge in [-0.1, -0.05) is 129 Å².